The molecule has 0 bridgehead atoms. The van der Waals surface area contributed by atoms with E-state index in [0.717, 1.165) is 25.7 Å². The smallest absolute Gasteiger partial charge is 0.294 e. The van der Waals surface area contributed by atoms with E-state index in [1.807, 2.05) is 0 Å². The minimum absolute atomic E-state index is 0.267. The van der Waals surface area contributed by atoms with Gasteiger partial charge in [-0.1, -0.05) is 12.8 Å². The first-order valence-corrected chi connectivity index (χ1v) is 3.88. The molecule has 4 heteroatoms. The SMILES string of the molecule is O=[N+]([O-])OCC1C[CH]CCC1. The van der Waals surface area contributed by atoms with Gasteiger partial charge in [0, 0.05) is 0 Å². The molecule has 1 fully saturated rings. The number of rotatable bonds is 3. The molecule has 1 saturated carbocycles. The van der Waals surface area contributed by atoms with Crippen molar-refractivity contribution in [3.8, 4) is 0 Å². The number of hydrogen-bond donors (Lipinski definition) is 0. The number of hydrogen-bond acceptors (Lipinski definition) is 3. The van der Waals surface area contributed by atoms with Gasteiger partial charge in [0.15, 0.2) is 0 Å². The lowest BCUT2D eigenvalue weighted by atomic mass is 9.90. The fraction of sp³-hybridized carbons (Fsp3) is 0.857. The molecule has 1 rings (SSSR count). The fourth-order valence-corrected chi connectivity index (χ4v) is 1.34. The summed E-state index contributed by atoms with van der Waals surface area (Å²) >= 11 is 0. The third kappa shape index (κ3) is 3.20. The van der Waals surface area contributed by atoms with Crippen LogP contribution in [0.15, 0.2) is 0 Å². The highest BCUT2D eigenvalue weighted by Gasteiger charge is 2.14. The molecule has 4 nitrogen and oxygen atoms in total. The maximum Gasteiger partial charge on any atom is 0.294 e. The summed E-state index contributed by atoms with van der Waals surface area (Å²) in [6, 6.07) is 0. The van der Waals surface area contributed by atoms with Crippen LogP contribution in [-0.4, -0.2) is 11.7 Å². The molecule has 0 N–H and O–H groups in total. The summed E-state index contributed by atoms with van der Waals surface area (Å²) in [5.41, 5.74) is 0. The van der Waals surface area contributed by atoms with E-state index in [0.29, 0.717) is 5.92 Å². The third-order valence-corrected chi connectivity index (χ3v) is 1.94. The van der Waals surface area contributed by atoms with Crippen LogP contribution in [0.3, 0.4) is 0 Å². The summed E-state index contributed by atoms with van der Waals surface area (Å²) < 4.78 is 0. The minimum Gasteiger partial charge on any atom is -0.314 e. The Bertz CT molecular complexity index is 132. The Morgan fingerprint density at radius 3 is 3.09 bits per heavy atom. The van der Waals surface area contributed by atoms with Crippen LogP contribution < -0.4 is 0 Å². The van der Waals surface area contributed by atoms with Crippen LogP contribution in [0, 0.1) is 22.5 Å². The molecule has 0 aromatic rings. The Morgan fingerprint density at radius 1 is 1.73 bits per heavy atom. The second kappa shape index (κ2) is 4.16. The molecule has 63 valence electrons. The molecule has 1 aliphatic carbocycles. The monoisotopic (exact) mass is 158 g/mol. The maximum absolute atomic E-state index is 9.82. The summed E-state index contributed by atoms with van der Waals surface area (Å²) in [5, 5.41) is 9.10. The minimum atomic E-state index is -0.714. The molecule has 1 aliphatic rings. The van der Waals surface area contributed by atoms with Gasteiger partial charge in [0.1, 0.15) is 0 Å². The van der Waals surface area contributed by atoms with Crippen LogP contribution in [0.4, 0.5) is 0 Å². The van der Waals surface area contributed by atoms with Gasteiger partial charge < -0.3 is 4.84 Å². The molecule has 0 amide bonds. The molecule has 0 spiro atoms. The van der Waals surface area contributed by atoms with Crippen molar-refractivity contribution in [2.24, 2.45) is 5.92 Å². The predicted octanol–water partition coefficient (Wildman–Crippen LogP) is 1.59. The lowest BCUT2D eigenvalue weighted by Crippen LogP contribution is -2.15. The Morgan fingerprint density at radius 2 is 2.55 bits per heavy atom. The molecule has 0 aromatic heterocycles. The van der Waals surface area contributed by atoms with Crippen molar-refractivity contribution in [1.29, 1.82) is 0 Å². The van der Waals surface area contributed by atoms with E-state index in [1.165, 1.54) is 0 Å². The molecule has 0 aromatic carbocycles. The van der Waals surface area contributed by atoms with Crippen LogP contribution >= 0.6 is 0 Å². The lowest BCUT2D eigenvalue weighted by Gasteiger charge is -2.19. The average Bonchev–Trinajstić information content (AvgIpc) is 2.03. The van der Waals surface area contributed by atoms with Crippen LogP contribution in [0.2, 0.25) is 0 Å². The Kier molecular flexibility index (Phi) is 3.14. The summed E-state index contributed by atoms with van der Waals surface area (Å²) in [4.78, 5) is 14.1. The molecule has 1 radical (unpaired) electrons. The number of nitrogens with zero attached hydrogens (tertiary/aromatic N) is 1. The van der Waals surface area contributed by atoms with E-state index in [2.05, 4.69) is 11.3 Å². The van der Waals surface area contributed by atoms with E-state index >= 15 is 0 Å². The lowest BCUT2D eigenvalue weighted by molar-refractivity contribution is -0.759. The normalized spacial score (nSPS) is 19.6. The van der Waals surface area contributed by atoms with Crippen LogP contribution in [0.1, 0.15) is 25.7 Å². The van der Waals surface area contributed by atoms with Gasteiger partial charge in [0.25, 0.3) is 5.09 Å². The first-order chi connectivity index (χ1) is 5.29. The van der Waals surface area contributed by atoms with Gasteiger partial charge in [0.2, 0.25) is 0 Å². The van der Waals surface area contributed by atoms with Crippen molar-refractivity contribution >= 4 is 0 Å². The standard InChI is InChI=1S/C7H12NO3/c9-8(10)11-6-7-4-2-1-3-5-7/h2,7H,1,3-6H2. The zero-order chi connectivity index (χ0) is 8.10. The Labute approximate surface area is 65.6 Å². The van der Waals surface area contributed by atoms with Gasteiger partial charge in [-0.25, -0.2) is 0 Å². The zero-order valence-electron chi connectivity index (χ0n) is 6.36. The first-order valence-electron chi connectivity index (χ1n) is 3.88. The molecule has 1 atom stereocenters. The molecule has 0 saturated heterocycles. The molecular weight excluding hydrogens is 146 g/mol. The van der Waals surface area contributed by atoms with Crippen molar-refractivity contribution in [3.63, 3.8) is 0 Å². The van der Waals surface area contributed by atoms with Crippen molar-refractivity contribution in [2.45, 2.75) is 25.7 Å². The topological polar surface area (TPSA) is 52.4 Å². The average molecular weight is 158 g/mol. The molecular formula is C7H12NO3. The summed E-state index contributed by atoms with van der Waals surface area (Å²) in [7, 11) is 0. The van der Waals surface area contributed by atoms with Crippen molar-refractivity contribution in [1.82, 2.24) is 0 Å². The largest absolute Gasteiger partial charge is 0.314 e. The second-order valence-electron chi connectivity index (χ2n) is 2.84. The van der Waals surface area contributed by atoms with Gasteiger partial charge in [-0.2, -0.15) is 0 Å². The van der Waals surface area contributed by atoms with Gasteiger partial charge >= 0.3 is 0 Å². The third-order valence-electron chi connectivity index (χ3n) is 1.94. The predicted molar refractivity (Wildman–Crippen MR) is 39.2 cm³/mol. The van der Waals surface area contributed by atoms with Gasteiger partial charge in [-0.3, -0.25) is 0 Å². The van der Waals surface area contributed by atoms with Gasteiger partial charge in [0.05, 0.1) is 6.61 Å². The second-order valence-corrected chi connectivity index (χ2v) is 2.84. The summed E-state index contributed by atoms with van der Waals surface area (Å²) in [6.45, 7) is 0.267. The van der Waals surface area contributed by atoms with Crippen LogP contribution in [0.25, 0.3) is 0 Å². The van der Waals surface area contributed by atoms with Crippen molar-refractivity contribution in [2.75, 3.05) is 6.61 Å². The van der Waals surface area contributed by atoms with E-state index < -0.39 is 5.09 Å². The Balaban J connectivity index is 2.09. The summed E-state index contributed by atoms with van der Waals surface area (Å²) in [6.07, 6.45) is 6.50. The van der Waals surface area contributed by atoms with Gasteiger partial charge in [-0.05, 0) is 25.2 Å². The van der Waals surface area contributed by atoms with E-state index in [1.54, 1.807) is 0 Å². The van der Waals surface area contributed by atoms with Gasteiger partial charge in [-0.15, -0.1) is 10.1 Å². The van der Waals surface area contributed by atoms with Crippen LogP contribution in [0.5, 0.6) is 0 Å². The highest BCUT2D eigenvalue weighted by atomic mass is 16.9. The highest BCUT2D eigenvalue weighted by molar-refractivity contribution is 4.76. The summed E-state index contributed by atoms with van der Waals surface area (Å²) in [5.74, 6) is 0.370. The van der Waals surface area contributed by atoms with Crippen molar-refractivity contribution in [3.05, 3.63) is 16.5 Å². The molecule has 0 heterocycles. The molecule has 11 heavy (non-hydrogen) atoms. The van der Waals surface area contributed by atoms with Crippen LogP contribution in [-0.2, 0) is 4.84 Å². The van der Waals surface area contributed by atoms with Crippen molar-refractivity contribution < 1.29 is 9.92 Å². The molecule has 1 unspecified atom stereocenters. The Hall–Kier alpha value is -0.800. The highest BCUT2D eigenvalue weighted by Crippen LogP contribution is 2.22. The quantitative estimate of drug-likeness (QED) is 0.463. The zero-order valence-corrected chi connectivity index (χ0v) is 6.36. The first kappa shape index (κ1) is 8.30. The van der Waals surface area contributed by atoms with E-state index in [4.69, 9.17) is 0 Å². The van der Waals surface area contributed by atoms with E-state index in [-0.39, 0.29) is 6.61 Å². The van der Waals surface area contributed by atoms with E-state index in [9.17, 15) is 10.1 Å². The fourth-order valence-electron chi connectivity index (χ4n) is 1.34. The maximum atomic E-state index is 9.82. The molecule has 0 aliphatic heterocycles.